The van der Waals surface area contributed by atoms with E-state index in [1.165, 1.54) is 19.3 Å². The van der Waals surface area contributed by atoms with Crippen molar-refractivity contribution in [2.75, 3.05) is 18.0 Å². The van der Waals surface area contributed by atoms with Crippen LogP contribution in [0.15, 0.2) is 59.1 Å². The number of aryl methyl sites for hydroxylation is 1. The van der Waals surface area contributed by atoms with Gasteiger partial charge in [0.25, 0.3) is 5.91 Å². The molecule has 5 heteroatoms. The normalized spacial score (nSPS) is 14.1. The summed E-state index contributed by atoms with van der Waals surface area (Å²) < 4.78 is 5.47. The zero-order chi connectivity index (χ0) is 19.3. The van der Waals surface area contributed by atoms with Crippen LogP contribution in [0.25, 0.3) is 11.1 Å². The molecule has 5 nitrogen and oxygen atoms in total. The van der Waals surface area contributed by atoms with Crippen LogP contribution in [0.3, 0.4) is 0 Å². The summed E-state index contributed by atoms with van der Waals surface area (Å²) in [6.07, 6.45) is 5.72. The molecule has 1 aliphatic heterocycles. The van der Waals surface area contributed by atoms with E-state index in [2.05, 4.69) is 27.3 Å². The second kappa shape index (κ2) is 8.30. The van der Waals surface area contributed by atoms with Gasteiger partial charge in [-0.05, 0) is 68.1 Å². The van der Waals surface area contributed by atoms with Crippen molar-refractivity contribution in [3.05, 3.63) is 71.8 Å². The molecule has 0 spiro atoms. The maximum absolute atomic E-state index is 12.3. The van der Waals surface area contributed by atoms with Crippen LogP contribution in [-0.4, -0.2) is 24.0 Å². The molecule has 0 bridgehead atoms. The smallest absolute Gasteiger partial charge is 0.251 e. The number of nitrogens with zero attached hydrogens (tertiary/aromatic N) is 2. The average molecular weight is 375 g/mol. The van der Waals surface area contributed by atoms with Crippen LogP contribution in [0.5, 0.6) is 0 Å². The molecule has 1 fully saturated rings. The average Bonchev–Trinajstić information content (AvgIpc) is 3.18. The number of amides is 1. The molecule has 0 aliphatic carbocycles. The lowest BCUT2D eigenvalue weighted by atomic mass is 10.1. The summed E-state index contributed by atoms with van der Waals surface area (Å²) in [5, 5.41) is 2.88. The Bertz CT molecular complexity index is 923. The van der Waals surface area contributed by atoms with E-state index in [-0.39, 0.29) is 5.91 Å². The van der Waals surface area contributed by atoms with Gasteiger partial charge in [-0.3, -0.25) is 4.79 Å². The number of piperidine rings is 1. The van der Waals surface area contributed by atoms with Gasteiger partial charge in [-0.25, -0.2) is 4.98 Å². The number of aromatic nitrogens is 1. The lowest BCUT2D eigenvalue weighted by Gasteiger charge is -2.27. The molecular formula is C23H25N3O2. The summed E-state index contributed by atoms with van der Waals surface area (Å²) in [5.74, 6) is 2.53. The van der Waals surface area contributed by atoms with E-state index in [1.54, 1.807) is 0 Å². The zero-order valence-corrected chi connectivity index (χ0v) is 16.1. The first-order valence-corrected chi connectivity index (χ1v) is 9.84. The molecule has 4 rings (SSSR count). The zero-order valence-electron chi connectivity index (χ0n) is 16.1. The lowest BCUT2D eigenvalue weighted by molar-refractivity contribution is 0.0948. The third kappa shape index (κ3) is 4.25. The Morgan fingerprint density at radius 1 is 1.00 bits per heavy atom. The minimum absolute atomic E-state index is 0.112. The van der Waals surface area contributed by atoms with Gasteiger partial charge in [0, 0.05) is 30.4 Å². The van der Waals surface area contributed by atoms with E-state index in [4.69, 9.17) is 4.42 Å². The van der Waals surface area contributed by atoms with E-state index in [0.29, 0.717) is 12.1 Å². The van der Waals surface area contributed by atoms with E-state index < -0.39 is 0 Å². The summed E-state index contributed by atoms with van der Waals surface area (Å²) >= 11 is 0. The molecule has 3 heterocycles. The van der Waals surface area contributed by atoms with Crippen LogP contribution >= 0.6 is 0 Å². The topological polar surface area (TPSA) is 58.4 Å². The maximum Gasteiger partial charge on any atom is 0.251 e. The Balaban J connectivity index is 1.38. The number of carbonyl (C=O) groups is 1. The third-order valence-electron chi connectivity index (χ3n) is 5.13. The molecular weight excluding hydrogens is 350 g/mol. The highest BCUT2D eigenvalue weighted by atomic mass is 16.3. The number of benzene rings is 1. The van der Waals surface area contributed by atoms with E-state index in [9.17, 15) is 4.79 Å². The van der Waals surface area contributed by atoms with Gasteiger partial charge in [0.1, 0.15) is 17.3 Å². The number of nitrogens with one attached hydrogen (secondary N) is 1. The monoisotopic (exact) mass is 375 g/mol. The van der Waals surface area contributed by atoms with E-state index >= 15 is 0 Å². The Labute approximate surface area is 165 Å². The summed E-state index contributed by atoms with van der Waals surface area (Å²) in [5.41, 5.74) is 2.74. The van der Waals surface area contributed by atoms with Gasteiger partial charge >= 0.3 is 0 Å². The highest BCUT2D eigenvalue weighted by Gasteiger charge is 2.12. The van der Waals surface area contributed by atoms with Crippen molar-refractivity contribution in [3.8, 4) is 11.1 Å². The number of anilines is 1. The first-order valence-electron chi connectivity index (χ1n) is 9.84. The van der Waals surface area contributed by atoms with Crippen LogP contribution in [-0.2, 0) is 6.54 Å². The Kier molecular flexibility index (Phi) is 5.42. The summed E-state index contributed by atoms with van der Waals surface area (Å²) in [6, 6.07) is 15.6. The molecule has 1 aromatic carbocycles. The predicted octanol–water partition coefficient (Wildman–Crippen LogP) is 4.57. The van der Waals surface area contributed by atoms with E-state index in [0.717, 1.165) is 41.6 Å². The number of hydrogen-bond acceptors (Lipinski definition) is 4. The first kappa shape index (κ1) is 18.3. The molecule has 3 aromatic rings. The number of hydrogen-bond donors (Lipinski definition) is 1. The second-order valence-electron chi connectivity index (χ2n) is 7.23. The lowest BCUT2D eigenvalue weighted by Crippen LogP contribution is -2.29. The predicted molar refractivity (Wildman–Crippen MR) is 110 cm³/mol. The highest BCUT2D eigenvalue weighted by molar-refractivity contribution is 5.94. The van der Waals surface area contributed by atoms with Gasteiger partial charge < -0.3 is 14.6 Å². The van der Waals surface area contributed by atoms with Crippen molar-refractivity contribution in [2.24, 2.45) is 0 Å². The van der Waals surface area contributed by atoms with Crippen LogP contribution in [0.4, 0.5) is 5.82 Å². The Morgan fingerprint density at radius 3 is 2.39 bits per heavy atom. The minimum atomic E-state index is -0.112. The quantitative estimate of drug-likeness (QED) is 0.710. The Morgan fingerprint density at radius 2 is 1.75 bits per heavy atom. The van der Waals surface area contributed by atoms with Crippen molar-refractivity contribution in [2.45, 2.75) is 32.7 Å². The van der Waals surface area contributed by atoms with Crippen molar-refractivity contribution in [3.63, 3.8) is 0 Å². The van der Waals surface area contributed by atoms with Crippen molar-refractivity contribution >= 4 is 11.7 Å². The van der Waals surface area contributed by atoms with Crippen LogP contribution in [0.2, 0.25) is 0 Å². The summed E-state index contributed by atoms with van der Waals surface area (Å²) in [7, 11) is 0. The molecule has 1 amide bonds. The maximum atomic E-state index is 12.3. The fraction of sp³-hybridized carbons (Fsp3) is 0.304. The minimum Gasteiger partial charge on any atom is -0.465 e. The SMILES string of the molecule is Cc1ccc(CNC(=O)c2ccc(-c3ccc(N4CCCCC4)nc3)cc2)o1. The number of carbonyl (C=O) groups excluding carboxylic acids is 1. The first-order chi connectivity index (χ1) is 13.7. The van der Waals surface area contributed by atoms with Gasteiger partial charge in [-0.15, -0.1) is 0 Å². The number of furan rings is 1. The van der Waals surface area contributed by atoms with Gasteiger partial charge in [0.05, 0.1) is 6.54 Å². The third-order valence-corrected chi connectivity index (χ3v) is 5.13. The molecule has 2 aromatic heterocycles. The summed E-state index contributed by atoms with van der Waals surface area (Å²) in [4.78, 5) is 19.3. The molecule has 0 atom stereocenters. The van der Waals surface area contributed by atoms with Gasteiger partial charge in [-0.1, -0.05) is 12.1 Å². The van der Waals surface area contributed by atoms with Crippen molar-refractivity contribution in [1.82, 2.24) is 10.3 Å². The molecule has 0 saturated carbocycles. The highest BCUT2D eigenvalue weighted by Crippen LogP contribution is 2.23. The fourth-order valence-corrected chi connectivity index (χ4v) is 3.53. The molecule has 0 radical (unpaired) electrons. The fourth-order valence-electron chi connectivity index (χ4n) is 3.53. The molecule has 28 heavy (non-hydrogen) atoms. The van der Waals surface area contributed by atoms with Crippen molar-refractivity contribution in [1.29, 1.82) is 0 Å². The van der Waals surface area contributed by atoms with Crippen molar-refractivity contribution < 1.29 is 9.21 Å². The van der Waals surface area contributed by atoms with Crippen LogP contribution < -0.4 is 10.2 Å². The molecule has 1 N–H and O–H groups in total. The summed E-state index contributed by atoms with van der Waals surface area (Å²) in [6.45, 7) is 4.45. The largest absolute Gasteiger partial charge is 0.465 e. The molecule has 1 saturated heterocycles. The van der Waals surface area contributed by atoms with Gasteiger partial charge in [0.2, 0.25) is 0 Å². The number of rotatable bonds is 5. The molecule has 1 aliphatic rings. The van der Waals surface area contributed by atoms with Gasteiger partial charge in [-0.2, -0.15) is 0 Å². The molecule has 0 unspecified atom stereocenters. The van der Waals surface area contributed by atoms with Gasteiger partial charge in [0.15, 0.2) is 0 Å². The van der Waals surface area contributed by atoms with Crippen LogP contribution in [0.1, 0.15) is 41.1 Å². The standard InChI is InChI=1S/C23H25N3O2/c1-17-5-11-21(28-17)16-25-23(27)19-8-6-18(7-9-19)20-10-12-22(24-15-20)26-13-3-2-4-14-26/h5-12,15H,2-4,13-14,16H2,1H3,(H,25,27). The Hall–Kier alpha value is -3.08. The second-order valence-corrected chi connectivity index (χ2v) is 7.23. The van der Waals surface area contributed by atoms with Crippen LogP contribution in [0, 0.1) is 6.92 Å². The molecule has 144 valence electrons. The van der Waals surface area contributed by atoms with E-state index in [1.807, 2.05) is 49.5 Å². The number of pyridine rings is 1.